The van der Waals surface area contributed by atoms with Gasteiger partial charge < -0.3 is 5.73 Å². The number of benzene rings is 6. The molecule has 2 aromatic heterocycles. The van der Waals surface area contributed by atoms with Crippen molar-refractivity contribution in [3.63, 3.8) is 0 Å². The molecule has 0 bridgehead atoms. The number of hydrogen-bond donors (Lipinski definition) is 1. The molecule has 2 heterocycles. The summed E-state index contributed by atoms with van der Waals surface area (Å²) in [4.78, 5) is 19.4. The average Bonchev–Trinajstić information content (AvgIpc) is 4.08. The SMILES string of the molecule is Cc1cccc2c1[C@@]1(CC2)CCc2cccc(CCc3ccc4ccccc4n3)c21.Cc1cccc2c1[C@@]1(CC2)CCc2cccc(N)c21.O=Cc1ccc2ccccc2n1. The number of anilines is 1. The number of nitrogens with zero attached hydrogens (tertiary/aromatic N) is 2. The van der Waals surface area contributed by atoms with Crippen molar-refractivity contribution >= 4 is 33.8 Å². The number of rotatable bonds is 4. The zero-order valence-electron chi connectivity index (χ0n) is 35.4. The molecule has 4 nitrogen and oxygen atoms in total. The lowest BCUT2D eigenvalue weighted by Gasteiger charge is -2.30. The monoisotopic (exact) mass is 795 g/mol. The van der Waals surface area contributed by atoms with Gasteiger partial charge in [0.25, 0.3) is 0 Å². The normalized spacial score (nSPS) is 18.9. The van der Waals surface area contributed by atoms with Crippen LogP contribution in [0.4, 0.5) is 5.69 Å². The number of nitrogen functional groups attached to an aromatic ring is 1. The molecule has 4 aliphatic carbocycles. The van der Waals surface area contributed by atoms with Crippen LogP contribution in [-0.4, -0.2) is 16.3 Å². The molecule has 12 rings (SSSR count). The Morgan fingerprint density at radius 2 is 0.984 bits per heavy atom. The predicted molar refractivity (Wildman–Crippen MR) is 251 cm³/mol. The molecule has 2 atom stereocenters. The lowest BCUT2D eigenvalue weighted by Crippen LogP contribution is -2.24. The summed E-state index contributed by atoms with van der Waals surface area (Å²) in [6.45, 7) is 4.56. The molecule has 8 aromatic rings. The molecule has 0 fully saturated rings. The lowest BCUT2D eigenvalue weighted by atomic mass is 9.73. The number of para-hydroxylation sites is 2. The van der Waals surface area contributed by atoms with E-state index in [1.165, 1.54) is 95.8 Å². The average molecular weight is 796 g/mol. The number of carbonyl (C=O) groups excluding carboxylic acids is 1. The summed E-state index contributed by atoms with van der Waals surface area (Å²) in [6, 6.07) is 51.3. The first-order valence-electron chi connectivity index (χ1n) is 22.2. The minimum atomic E-state index is 0.210. The van der Waals surface area contributed by atoms with Gasteiger partial charge in [-0.15, -0.1) is 0 Å². The van der Waals surface area contributed by atoms with Crippen molar-refractivity contribution in [3.05, 3.63) is 218 Å². The molecule has 302 valence electrons. The van der Waals surface area contributed by atoms with E-state index in [9.17, 15) is 4.79 Å². The van der Waals surface area contributed by atoms with E-state index in [-0.39, 0.29) is 10.8 Å². The highest BCUT2D eigenvalue weighted by Crippen LogP contribution is 2.56. The summed E-state index contributed by atoms with van der Waals surface area (Å²) in [5, 5.41) is 2.28. The molecule has 0 amide bonds. The second-order valence-corrected chi connectivity index (χ2v) is 17.8. The van der Waals surface area contributed by atoms with Gasteiger partial charge in [0.2, 0.25) is 0 Å². The van der Waals surface area contributed by atoms with Gasteiger partial charge in [-0.05, 0) is 170 Å². The Morgan fingerprint density at radius 3 is 1.59 bits per heavy atom. The van der Waals surface area contributed by atoms with Gasteiger partial charge in [0, 0.05) is 33.0 Å². The summed E-state index contributed by atoms with van der Waals surface area (Å²) in [7, 11) is 0. The molecule has 0 saturated heterocycles. The van der Waals surface area contributed by atoms with Crippen molar-refractivity contribution in [2.45, 2.75) is 88.9 Å². The van der Waals surface area contributed by atoms with Gasteiger partial charge in [-0.2, -0.15) is 0 Å². The fraction of sp³-hybridized carbons (Fsp3) is 0.246. The van der Waals surface area contributed by atoms with E-state index in [0.717, 1.165) is 41.2 Å². The van der Waals surface area contributed by atoms with E-state index in [0.29, 0.717) is 5.69 Å². The third-order valence-corrected chi connectivity index (χ3v) is 14.4. The van der Waals surface area contributed by atoms with Crippen LogP contribution < -0.4 is 5.73 Å². The van der Waals surface area contributed by atoms with Crippen molar-refractivity contribution in [3.8, 4) is 0 Å². The lowest BCUT2D eigenvalue weighted by molar-refractivity contribution is 0.111. The summed E-state index contributed by atoms with van der Waals surface area (Å²) in [6.07, 6.45) is 12.6. The van der Waals surface area contributed by atoms with Crippen LogP contribution in [0.15, 0.2) is 146 Å². The molecule has 2 N–H and O–H groups in total. The molecule has 4 aliphatic rings. The number of fused-ring (bicyclic) bond motifs is 10. The van der Waals surface area contributed by atoms with Crippen LogP contribution in [0.1, 0.15) is 103 Å². The topological polar surface area (TPSA) is 68.9 Å². The van der Waals surface area contributed by atoms with Crippen LogP contribution in [0.5, 0.6) is 0 Å². The number of hydrogen-bond acceptors (Lipinski definition) is 4. The van der Waals surface area contributed by atoms with Gasteiger partial charge in [0.05, 0.1) is 11.0 Å². The summed E-state index contributed by atoms with van der Waals surface area (Å²) in [5.41, 5.74) is 28.3. The summed E-state index contributed by atoms with van der Waals surface area (Å²) < 4.78 is 0. The van der Waals surface area contributed by atoms with Gasteiger partial charge in [-0.25, -0.2) is 4.98 Å². The first-order chi connectivity index (χ1) is 29.9. The Morgan fingerprint density at radius 1 is 0.492 bits per heavy atom. The third-order valence-electron chi connectivity index (χ3n) is 14.4. The van der Waals surface area contributed by atoms with E-state index in [1.807, 2.05) is 30.3 Å². The van der Waals surface area contributed by atoms with Crippen molar-refractivity contribution < 1.29 is 4.79 Å². The number of aryl methyl sites for hydroxylation is 8. The maximum atomic E-state index is 10.4. The quantitative estimate of drug-likeness (QED) is 0.142. The van der Waals surface area contributed by atoms with E-state index < -0.39 is 0 Å². The number of nitrogens with two attached hydrogens (primary N) is 1. The van der Waals surface area contributed by atoms with Crippen molar-refractivity contribution in [2.75, 3.05) is 5.73 Å². The highest BCUT2D eigenvalue weighted by molar-refractivity contribution is 5.83. The maximum Gasteiger partial charge on any atom is 0.168 e. The van der Waals surface area contributed by atoms with E-state index in [1.54, 1.807) is 33.9 Å². The molecular formula is C57H53N3O. The number of aromatic nitrogens is 2. The zero-order valence-corrected chi connectivity index (χ0v) is 35.4. The minimum Gasteiger partial charge on any atom is -0.398 e. The van der Waals surface area contributed by atoms with Crippen LogP contribution in [0.2, 0.25) is 0 Å². The Balaban J connectivity index is 0.000000122. The minimum absolute atomic E-state index is 0.210. The molecule has 2 spiro atoms. The Kier molecular flexibility index (Phi) is 10.1. The third kappa shape index (κ3) is 6.83. The summed E-state index contributed by atoms with van der Waals surface area (Å²) >= 11 is 0. The van der Waals surface area contributed by atoms with Crippen molar-refractivity contribution in [1.82, 2.24) is 9.97 Å². The largest absolute Gasteiger partial charge is 0.398 e. The van der Waals surface area contributed by atoms with Gasteiger partial charge in [0.1, 0.15) is 5.69 Å². The van der Waals surface area contributed by atoms with Crippen molar-refractivity contribution in [2.24, 2.45) is 0 Å². The van der Waals surface area contributed by atoms with Crippen LogP contribution in [0, 0.1) is 13.8 Å². The fourth-order valence-corrected chi connectivity index (χ4v) is 11.9. The van der Waals surface area contributed by atoms with Gasteiger partial charge in [-0.1, -0.05) is 115 Å². The summed E-state index contributed by atoms with van der Waals surface area (Å²) in [5.74, 6) is 0. The predicted octanol–water partition coefficient (Wildman–Crippen LogP) is 12.3. The van der Waals surface area contributed by atoms with Crippen LogP contribution in [-0.2, 0) is 49.4 Å². The molecule has 0 radical (unpaired) electrons. The molecule has 6 aromatic carbocycles. The molecule has 0 unspecified atom stereocenters. The molecule has 61 heavy (non-hydrogen) atoms. The molecule has 4 heteroatoms. The Hall–Kier alpha value is -6.39. The number of aldehydes is 1. The van der Waals surface area contributed by atoms with E-state index in [2.05, 4.69) is 128 Å². The first kappa shape index (κ1) is 38.8. The van der Waals surface area contributed by atoms with Crippen LogP contribution >= 0.6 is 0 Å². The van der Waals surface area contributed by atoms with Crippen LogP contribution in [0.3, 0.4) is 0 Å². The Bertz CT molecular complexity index is 2900. The van der Waals surface area contributed by atoms with E-state index in [4.69, 9.17) is 10.7 Å². The van der Waals surface area contributed by atoms with Crippen LogP contribution in [0.25, 0.3) is 21.8 Å². The zero-order chi connectivity index (χ0) is 41.6. The van der Waals surface area contributed by atoms with Crippen molar-refractivity contribution in [1.29, 1.82) is 0 Å². The standard InChI is InChI=1S/C29H27N.C18H19N.C10H7NO/c1-20-6-4-8-23-16-18-29(27(20)23)19-17-24-10-5-9-22(28(24)29)13-15-25-14-12-21-7-2-3-11-26(21)30-25;1-12-4-2-5-13-8-10-18(16(12)13)11-9-14-6-3-7-15(19)17(14)18;12-7-9-6-5-8-3-1-2-4-10(8)11-9/h2-12,14H,13,15-19H2,1H3;2-7H,8-11,19H2,1H3;1-7H/t29-;18-;/m11./s1. The maximum absolute atomic E-state index is 10.4. The highest BCUT2D eigenvalue weighted by atomic mass is 16.1. The van der Waals surface area contributed by atoms with Gasteiger partial charge >= 0.3 is 0 Å². The van der Waals surface area contributed by atoms with Gasteiger partial charge in [0.15, 0.2) is 6.29 Å². The smallest absolute Gasteiger partial charge is 0.168 e. The highest BCUT2D eigenvalue weighted by Gasteiger charge is 2.47. The molecular weight excluding hydrogens is 743 g/mol. The first-order valence-corrected chi connectivity index (χ1v) is 22.2. The number of carbonyl (C=O) groups is 1. The Labute approximate surface area is 359 Å². The molecule has 0 saturated carbocycles. The number of pyridine rings is 2. The van der Waals surface area contributed by atoms with Gasteiger partial charge in [-0.3, -0.25) is 9.78 Å². The molecule has 0 aliphatic heterocycles. The fourth-order valence-electron chi connectivity index (χ4n) is 11.9. The second-order valence-electron chi connectivity index (χ2n) is 17.8. The van der Waals surface area contributed by atoms with E-state index >= 15 is 0 Å². The second kappa shape index (κ2) is 15.9.